The predicted molar refractivity (Wildman–Crippen MR) is 96.8 cm³/mol. The number of piperidine rings is 1. The number of carbonyl (C=O) groups is 2. The molecule has 1 saturated heterocycles. The Morgan fingerprint density at radius 3 is 2.60 bits per heavy atom. The van der Waals surface area contributed by atoms with Crippen LogP contribution < -0.4 is 0 Å². The van der Waals surface area contributed by atoms with E-state index in [4.69, 9.17) is 17.0 Å². The summed E-state index contributed by atoms with van der Waals surface area (Å²) in [5, 5.41) is 0. The highest BCUT2D eigenvalue weighted by Crippen LogP contribution is 2.31. The zero-order valence-corrected chi connectivity index (χ0v) is 14.8. The van der Waals surface area contributed by atoms with Crippen molar-refractivity contribution in [2.24, 2.45) is 5.92 Å². The molecule has 1 aromatic carbocycles. The molecule has 0 aliphatic carbocycles. The molecular formula is C19H20N2O3S. The van der Waals surface area contributed by atoms with Crippen molar-refractivity contribution in [1.82, 2.24) is 9.88 Å². The number of aromatic nitrogens is 1. The lowest BCUT2D eigenvalue weighted by Crippen LogP contribution is -2.45. The molecule has 0 radical (unpaired) electrons. The van der Waals surface area contributed by atoms with Crippen molar-refractivity contribution in [1.29, 1.82) is 0 Å². The largest absolute Gasteiger partial charge is 0.469 e. The van der Waals surface area contributed by atoms with Gasteiger partial charge in [-0.25, -0.2) is 0 Å². The Morgan fingerprint density at radius 1 is 1.16 bits per heavy atom. The first kappa shape index (κ1) is 17.4. The van der Waals surface area contributed by atoms with Crippen LogP contribution in [-0.4, -0.2) is 42.0 Å². The number of hydrogen-bond acceptors (Lipinski definition) is 4. The number of carbonyl (C=O) groups excluding carboxylic acids is 2. The first-order valence-electron chi connectivity index (χ1n) is 8.20. The minimum absolute atomic E-state index is 0.0873. The summed E-state index contributed by atoms with van der Waals surface area (Å²) in [6, 6.07) is 13.4. The molecule has 0 spiro atoms. The van der Waals surface area contributed by atoms with Gasteiger partial charge in [-0.3, -0.25) is 9.59 Å². The van der Waals surface area contributed by atoms with Gasteiger partial charge in [-0.2, -0.15) is 0 Å². The van der Waals surface area contributed by atoms with Crippen molar-refractivity contribution >= 4 is 24.1 Å². The highest BCUT2D eigenvalue weighted by Gasteiger charge is 2.35. The van der Waals surface area contributed by atoms with Gasteiger partial charge in [0, 0.05) is 25.2 Å². The van der Waals surface area contributed by atoms with E-state index in [0.717, 1.165) is 5.56 Å². The number of aromatic amines is 1. The number of amides is 1. The molecule has 2 atom stereocenters. The van der Waals surface area contributed by atoms with E-state index in [1.54, 1.807) is 23.2 Å². The van der Waals surface area contributed by atoms with Gasteiger partial charge in [0.05, 0.1) is 18.6 Å². The Morgan fingerprint density at radius 2 is 1.92 bits per heavy atom. The fourth-order valence-corrected chi connectivity index (χ4v) is 3.55. The van der Waals surface area contributed by atoms with E-state index in [1.807, 2.05) is 30.3 Å². The molecule has 3 rings (SSSR count). The molecule has 1 aliphatic heterocycles. The van der Waals surface area contributed by atoms with E-state index in [0.29, 0.717) is 29.7 Å². The van der Waals surface area contributed by atoms with Crippen LogP contribution in [0.2, 0.25) is 0 Å². The number of H-pyrrole nitrogens is 1. The fourth-order valence-electron chi connectivity index (χ4n) is 3.33. The maximum absolute atomic E-state index is 12.9. The van der Waals surface area contributed by atoms with Crippen molar-refractivity contribution in [3.05, 3.63) is 64.4 Å². The van der Waals surface area contributed by atoms with E-state index in [2.05, 4.69) is 4.98 Å². The number of nitrogens with one attached hydrogen (secondary N) is 1. The van der Waals surface area contributed by atoms with Gasteiger partial charge in [-0.15, -0.1) is 0 Å². The van der Waals surface area contributed by atoms with Crippen molar-refractivity contribution in [2.75, 3.05) is 20.2 Å². The van der Waals surface area contributed by atoms with Crippen LogP contribution in [0.4, 0.5) is 0 Å². The average Bonchev–Trinajstić information content (AvgIpc) is 2.67. The van der Waals surface area contributed by atoms with Crippen LogP contribution >= 0.6 is 12.2 Å². The number of rotatable bonds is 3. The molecular weight excluding hydrogens is 336 g/mol. The minimum atomic E-state index is -0.339. The summed E-state index contributed by atoms with van der Waals surface area (Å²) >= 11 is 5.23. The first-order chi connectivity index (χ1) is 12.1. The van der Waals surface area contributed by atoms with E-state index >= 15 is 0 Å². The molecule has 2 aromatic rings. The molecule has 0 bridgehead atoms. The number of methoxy groups -OCH3 is 1. The summed E-state index contributed by atoms with van der Waals surface area (Å²) < 4.78 is 5.33. The fraction of sp³-hybridized carbons (Fsp3) is 0.316. The quantitative estimate of drug-likeness (QED) is 0.678. The van der Waals surface area contributed by atoms with Gasteiger partial charge in [0.25, 0.3) is 5.91 Å². The van der Waals surface area contributed by atoms with Crippen molar-refractivity contribution < 1.29 is 14.3 Å². The number of esters is 1. The SMILES string of the molecule is COC(=O)[C@H]1C[C@H](c2ccccc2)CN(C(=O)c2ccc[nH]c2=S)C1. The Balaban J connectivity index is 1.90. The Hall–Kier alpha value is -2.47. The number of likely N-dealkylation sites (tertiary alicyclic amines) is 1. The number of pyridine rings is 1. The molecule has 2 heterocycles. The molecule has 0 unspecified atom stereocenters. The molecule has 1 aromatic heterocycles. The van der Waals surface area contributed by atoms with Gasteiger partial charge < -0.3 is 14.6 Å². The highest BCUT2D eigenvalue weighted by atomic mass is 32.1. The number of benzene rings is 1. The number of hydrogen-bond donors (Lipinski definition) is 1. The predicted octanol–water partition coefficient (Wildman–Crippen LogP) is 3.16. The first-order valence-corrected chi connectivity index (χ1v) is 8.60. The van der Waals surface area contributed by atoms with Gasteiger partial charge in [0.1, 0.15) is 4.64 Å². The third-order valence-corrected chi connectivity index (χ3v) is 4.93. The maximum atomic E-state index is 12.9. The topological polar surface area (TPSA) is 62.4 Å². The van der Waals surface area contributed by atoms with Crippen molar-refractivity contribution in [3.63, 3.8) is 0 Å². The van der Waals surface area contributed by atoms with Crippen LogP contribution in [-0.2, 0) is 9.53 Å². The van der Waals surface area contributed by atoms with E-state index < -0.39 is 0 Å². The second-order valence-electron chi connectivity index (χ2n) is 6.19. The molecule has 1 N–H and O–H groups in total. The summed E-state index contributed by atoms with van der Waals surface area (Å²) in [7, 11) is 1.38. The minimum Gasteiger partial charge on any atom is -0.469 e. The second-order valence-corrected chi connectivity index (χ2v) is 6.59. The van der Waals surface area contributed by atoms with E-state index in [9.17, 15) is 9.59 Å². The molecule has 0 saturated carbocycles. The zero-order chi connectivity index (χ0) is 17.8. The molecule has 1 aliphatic rings. The lowest BCUT2D eigenvalue weighted by atomic mass is 9.84. The molecule has 6 heteroatoms. The summed E-state index contributed by atoms with van der Waals surface area (Å²) in [5.74, 6) is -0.688. The van der Waals surface area contributed by atoms with Crippen LogP contribution in [0.15, 0.2) is 48.7 Å². The molecule has 130 valence electrons. The second kappa shape index (κ2) is 7.61. The third-order valence-electron chi connectivity index (χ3n) is 4.59. The van der Waals surface area contributed by atoms with Crippen LogP contribution in [0, 0.1) is 10.6 Å². The lowest BCUT2D eigenvalue weighted by molar-refractivity contribution is -0.147. The van der Waals surface area contributed by atoms with E-state index in [1.165, 1.54) is 7.11 Å². The average molecular weight is 356 g/mol. The summed E-state index contributed by atoms with van der Waals surface area (Å²) in [4.78, 5) is 29.7. The summed E-state index contributed by atoms with van der Waals surface area (Å²) in [5.41, 5.74) is 1.57. The normalized spacial score (nSPS) is 20.1. The van der Waals surface area contributed by atoms with Crippen molar-refractivity contribution in [3.8, 4) is 0 Å². The molecule has 25 heavy (non-hydrogen) atoms. The smallest absolute Gasteiger partial charge is 0.310 e. The van der Waals surface area contributed by atoms with Crippen LogP contribution in [0.5, 0.6) is 0 Å². The van der Waals surface area contributed by atoms with Crippen molar-refractivity contribution in [2.45, 2.75) is 12.3 Å². The Labute approximate surface area is 151 Å². The highest BCUT2D eigenvalue weighted by molar-refractivity contribution is 7.71. The van der Waals surface area contributed by atoms with Crippen LogP contribution in [0.25, 0.3) is 0 Å². The Kier molecular flexibility index (Phi) is 5.28. The van der Waals surface area contributed by atoms with Gasteiger partial charge in [0.15, 0.2) is 0 Å². The lowest BCUT2D eigenvalue weighted by Gasteiger charge is -2.37. The molecule has 5 nitrogen and oxygen atoms in total. The monoisotopic (exact) mass is 356 g/mol. The molecule has 1 fully saturated rings. The summed E-state index contributed by atoms with van der Waals surface area (Å²) in [6.07, 6.45) is 2.36. The van der Waals surface area contributed by atoms with E-state index in [-0.39, 0.29) is 23.7 Å². The van der Waals surface area contributed by atoms with Gasteiger partial charge >= 0.3 is 5.97 Å². The van der Waals surface area contributed by atoms with Crippen LogP contribution in [0.3, 0.4) is 0 Å². The third kappa shape index (κ3) is 3.79. The number of ether oxygens (including phenoxy) is 1. The van der Waals surface area contributed by atoms with Gasteiger partial charge in [-0.1, -0.05) is 42.5 Å². The van der Waals surface area contributed by atoms with Gasteiger partial charge in [-0.05, 0) is 24.1 Å². The number of nitrogens with zero attached hydrogens (tertiary/aromatic N) is 1. The standard InChI is InChI=1S/C19H20N2O3S/c1-24-19(23)15-10-14(13-6-3-2-4-7-13)11-21(12-15)18(22)16-8-5-9-20-17(16)25/h2-9,14-15H,10-12H2,1H3,(H,20,25)/t14-,15-/m0/s1. The van der Waals surface area contributed by atoms with Crippen LogP contribution in [0.1, 0.15) is 28.3 Å². The summed E-state index contributed by atoms with van der Waals surface area (Å²) in [6.45, 7) is 0.901. The van der Waals surface area contributed by atoms with Gasteiger partial charge in [0.2, 0.25) is 0 Å². The molecule has 1 amide bonds. The zero-order valence-electron chi connectivity index (χ0n) is 14.0. The Bertz CT molecular complexity index is 819. The maximum Gasteiger partial charge on any atom is 0.310 e.